The molecule has 0 atom stereocenters. The summed E-state index contributed by atoms with van der Waals surface area (Å²) < 4.78 is 0. The van der Waals surface area contributed by atoms with Gasteiger partial charge in [0.05, 0.1) is 0 Å². The average molecular weight is 365 g/mol. The molecule has 2 rings (SSSR count). The minimum Gasteiger partial charge on any atom is -0.0654 e. The van der Waals surface area contributed by atoms with Crippen molar-refractivity contribution >= 4 is 0 Å². The van der Waals surface area contributed by atoms with Crippen LogP contribution in [0.15, 0.2) is 54.6 Å². The van der Waals surface area contributed by atoms with Crippen molar-refractivity contribution in [3.8, 4) is 11.1 Å². The molecule has 0 aliphatic rings. The summed E-state index contributed by atoms with van der Waals surface area (Å²) in [5, 5.41) is 0. The Labute approximate surface area is 168 Å². The van der Waals surface area contributed by atoms with Gasteiger partial charge in [0.15, 0.2) is 0 Å². The monoisotopic (exact) mass is 364 g/mol. The normalized spacial score (nSPS) is 11.0. The zero-order valence-corrected chi connectivity index (χ0v) is 17.6. The Morgan fingerprint density at radius 2 is 0.889 bits per heavy atom. The van der Waals surface area contributed by atoms with Crippen molar-refractivity contribution in [2.75, 3.05) is 0 Å². The first-order chi connectivity index (χ1) is 13.4. The average Bonchev–Trinajstić information content (AvgIpc) is 2.72. The molecule has 0 fully saturated rings. The third-order valence-corrected chi connectivity index (χ3v) is 5.63. The van der Waals surface area contributed by atoms with E-state index in [2.05, 4.69) is 61.5 Å². The van der Waals surface area contributed by atoms with Gasteiger partial charge in [0.25, 0.3) is 0 Å². The van der Waals surface area contributed by atoms with Gasteiger partial charge in [-0.2, -0.15) is 0 Å². The van der Waals surface area contributed by atoms with E-state index >= 15 is 0 Å². The number of aryl methyl sites for hydroxylation is 1. The minimum absolute atomic E-state index is 1.23. The molecule has 0 spiro atoms. The minimum atomic E-state index is 1.23. The van der Waals surface area contributed by atoms with Gasteiger partial charge in [-0.1, -0.05) is 139 Å². The lowest BCUT2D eigenvalue weighted by Crippen LogP contribution is -1.87. The quantitative estimate of drug-likeness (QED) is 0.276. The lowest BCUT2D eigenvalue weighted by atomic mass is 10.0. The van der Waals surface area contributed by atoms with Gasteiger partial charge < -0.3 is 0 Å². The van der Waals surface area contributed by atoms with Crippen LogP contribution < -0.4 is 0 Å². The number of unbranched alkanes of at least 4 members (excludes halogenated alkanes) is 12. The highest BCUT2D eigenvalue weighted by atomic mass is 14.0. The summed E-state index contributed by atoms with van der Waals surface area (Å²) in [6.07, 6.45) is 19.8. The van der Waals surface area contributed by atoms with Gasteiger partial charge in [-0.15, -0.1) is 0 Å². The van der Waals surface area contributed by atoms with Crippen LogP contribution in [0.1, 0.15) is 96.0 Å². The van der Waals surface area contributed by atoms with Crippen LogP contribution in [0.3, 0.4) is 0 Å². The molecule has 2 aromatic rings. The van der Waals surface area contributed by atoms with Crippen LogP contribution in [0.2, 0.25) is 0 Å². The van der Waals surface area contributed by atoms with Gasteiger partial charge in [-0.25, -0.2) is 0 Å². The molecule has 0 saturated heterocycles. The predicted octanol–water partition coefficient (Wildman–Crippen LogP) is 8.99. The van der Waals surface area contributed by atoms with E-state index in [0.717, 1.165) is 0 Å². The first kappa shape index (κ1) is 21.7. The van der Waals surface area contributed by atoms with E-state index < -0.39 is 0 Å². The lowest BCUT2D eigenvalue weighted by molar-refractivity contribution is 0.539. The maximum atomic E-state index is 2.31. The molecule has 0 aliphatic heterocycles. The largest absolute Gasteiger partial charge is 0.0654 e. The van der Waals surface area contributed by atoms with Gasteiger partial charge >= 0.3 is 0 Å². The summed E-state index contributed by atoms with van der Waals surface area (Å²) >= 11 is 0. The van der Waals surface area contributed by atoms with Crippen LogP contribution in [0.25, 0.3) is 11.1 Å². The van der Waals surface area contributed by atoms with Crippen molar-refractivity contribution in [1.82, 2.24) is 0 Å². The first-order valence-electron chi connectivity index (χ1n) is 11.5. The van der Waals surface area contributed by atoms with Crippen LogP contribution in [0.5, 0.6) is 0 Å². The van der Waals surface area contributed by atoms with Gasteiger partial charge in [0, 0.05) is 0 Å². The second-order valence-corrected chi connectivity index (χ2v) is 8.06. The first-order valence-corrected chi connectivity index (χ1v) is 11.5. The Hall–Kier alpha value is -1.56. The zero-order chi connectivity index (χ0) is 19.0. The Kier molecular flexibility index (Phi) is 11.7. The second kappa shape index (κ2) is 14.5. The third-order valence-electron chi connectivity index (χ3n) is 5.63. The molecule has 0 bridgehead atoms. The Bertz CT molecular complexity index is 567. The standard InChI is InChI=1S/C27H40/c1-2-3-4-5-6-7-8-9-10-11-12-13-15-18-25-21-23-27(24-22-25)26-19-16-14-17-20-26/h14,16-17,19-24H,2-13,15,18H2,1H3. The van der Waals surface area contributed by atoms with Crippen LogP contribution in [0, 0.1) is 0 Å². The maximum Gasteiger partial charge on any atom is -0.0184 e. The molecular weight excluding hydrogens is 324 g/mol. The molecule has 0 heteroatoms. The van der Waals surface area contributed by atoms with Gasteiger partial charge in [-0.3, -0.25) is 0 Å². The van der Waals surface area contributed by atoms with Gasteiger partial charge in [-0.05, 0) is 29.5 Å². The van der Waals surface area contributed by atoms with E-state index in [1.54, 1.807) is 0 Å². The molecule has 0 saturated carbocycles. The van der Waals surface area contributed by atoms with Crippen LogP contribution in [-0.2, 0) is 6.42 Å². The molecule has 0 nitrogen and oxygen atoms in total. The summed E-state index contributed by atoms with van der Waals surface area (Å²) in [6.45, 7) is 2.29. The molecule has 148 valence electrons. The van der Waals surface area contributed by atoms with Crippen molar-refractivity contribution in [2.45, 2.75) is 96.8 Å². The summed E-state index contributed by atoms with van der Waals surface area (Å²) in [4.78, 5) is 0. The van der Waals surface area contributed by atoms with Crippen LogP contribution >= 0.6 is 0 Å². The van der Waals surface area contributed by atoms with Crippen molar-refractivity contribution in [1.29, 1.82) is 0 Å². The molecule has 0 heterocycles. The van der Waals surface area contributed by atoms with Crippen molar-refractivity contribution < 1.29 is 0 Å². The molecule has 0 amide bonds. The summed E-state index contributed by atoms with van der Waals surface area (Å²) in [5.41, 5.74) is 4.12. The Morgan fingerprint density at radius 1 is 0.444 bits per heavy atom. The van der Waals surface area contributed by atoms with E-state index in [9.17, 15) is 0 Å². The summed E-state index contributed by atoms with van der Waals surface area (Å²) in [7, 11) is 0. The highest BCUT2D eigenvalue weighted by Crippen LogP contribution is 2.20. The molecule has 0 radical (unpaired) electrons. The second-order valence-electron chi connectivity index (χ2n) is 8.06. The maximum absolute atomic E-state index is 2.31. The molecule has 0 aliphatic carbocycles. The fraction of sp³-hybridized carbons (Fsp3) is 0.556. The van der Waals surface area contributed by atoms with Crippen LogP contribution in [0.4, 0.5) is 0 Å². The van der Waals surface area contributed by atoms with E-state index in [1.165, 1.54) is 107 Å². The topological polar surface area (TPSA) is 0 Å². The smallest absolute Gasteiger partial charge is 0.0184 e. The number of hydrogen-bond donors (Lipinski definition) is 0. The molecule has 0 unspecified atom stereocenters. The van der Waals surface area contributed by atoms with Gasteiger partial charge in [0.2, 0.25) is 0 Å². The van der Waals surface area contributed by atoms with E-state index in [0.29, 0.717) is 0 Å². The third kappa shape index (κ3) is 9.80. The van der Waals surface area contributed by atoms with Crippen molar-refractivity contribution in [3.63, 3.8) is 0 Å². The highest BCUT2D eigenvalue weighted by molar-refractivity contribution is 5.63. The predicted molar refractivity (Wildman–Crippen MR) is 121 cm³/mol. The van der Waals surface area contributed by atoms with Gasteiger partial charge in [0.1, 0.15) is 0 Å². The molecule has 27 heavy (non-hydrogen) atoms. The van der Waals surface area contributed by atoms with Crippen molar-refractivity contribution in [2.24, 2.45) is 0 Å². The van der Waals surface area contributed by atoms with Crippen molar-refractivity contribution in [3.05, 3.63) is 60.2 Å². The fourth-order valence-electron chi connectivity index (χ4n) is 3.84. The molecular formula is C27H40. The number of hydrogen-bond acceptors (Lipinski definition) is 0. The zero-order valence-electron chi connectivity index (χ0n) is 17.6. The summed E-state index contributed by atoms with van der Waals surface area (Å²) in [6, 6.07) is 19.8. The number of rotatable bonds is 15. The Balaban J connectivity index is 1.44. The highest BCUT2D eigenvalue weighted by Gasteiger charge is 1.98. The van der Waals surface area contributed by atoms with E-state index in [1.807, 2.05) is 0 Å². The Morgan fingerprint density at radius 3 is 1.41 bits per heavy atom. The lowest BCUT2D eigenvalue weighted by Gasteiger charge is -2.05. The SMILES string of the molecule is CCCCCCCCCCCCCCCc1ccc(-c2ccccc2)cc1. The fourth-order valence-corrected chi connectivity index (χ4v) is 3.84. The molecule has 0 aromatic heterocycles. The number of benzene rings is 2. The molecule has 2 aromatic carbocycles. The molecule has 0 N–H and O–H groups in total. The van der Waals surface area contributed by atoms with E-state index in [-0.39, 0.29) is 0 Å². The van der Waals surface area contributed by atoms with E-state index in [4.69, 9.17) is 0 Å². The van der Waals surface area contributed by atoms with Crippen LogP contribution in [-0.4, -0.2) is 0 Å². The summed E-state index contributed by atoms with van der Waals surface area (Å²) in [5.74, 6) is 0.